The molecule has 0 N–H and O–H groups in total. The minimum absolute atomic E-state index is 0.148. The largest absolute Gasteiger partial charge is 0.465 e. The van der Waals surface area contributed by atoms with E-state index in [2.05, 4.69) is 0 Å². The molecule has 0 atom stereocenters. The van der Waals surface area contributed by atoms with Gasteiger partial charge in [0.05, 0.1) is 39.7 Å². The Balaban J connectivity index is 2.16. The minimum atomic E-state index is -0.617. The first kappa shape index (κ1) is 20.5. The van der Waals surface area contributed by atoms with E-state index in [0.29, 0.717) is 38.7 Å². The molecule has 4 rings (SSSR count). The lowest BCUT2D eigenvalue weighted by Crippen LogP contribution is -2.15. The van der Waals surface area contributed by atoms with Crippen LogP contribution in [0.4, 0.5) is 4.39 Å². The highest BCUT2D eigenvalue weighted by molar-refractivity contribution is 6.43. The van der Waals surface area contributed by atoms with Gasteiger partial charge in [-0.25, -0.2) is 9.18 Å². The van der Waals surface area contributed by atoms with Crippen molar-refractivity contribution >= 4 is 35.0 Å². The molecule has 4 nitrogen and oxygen atoms in total. The molecule has 0 radical (unpaired) electrons. The van der Waals surface area contributed by atoms with Crippen molar-refractivity contribution < 1.29 is 18.7 Å². The van der Waals surface area contributed by atoms with Crippen molar-refractivity contribution in [1.29, 1.82) is 0 Å². The Labute approximate surface area is 182 Å². The van der Waals surface area contributed by atoms with Crippen LogP contribution in [0.2, 0.25) is 10.0 Å². The van der Waals surface area contributed by atoms with Gasteiger partial charge in [-0.15, -0.1) is 0 Å². The number of esters is 1. The van der Waals surface area contributed by atoms with Gasteiger partial charge in [-0.05, 0) is 35.7 Å². The van der Waals surface area contributed by atoms with Gasteiger partial charge in [-0.1, -0.05) is 49.2 Å². The Morgan fingerprint density at radius 3 is 2.20 bits per heavy atom. The van der Waals surface area contributed by atoms with Gasteiger partial charge in [0, 0.05) is 16.7 Å². The van der Waals surface area contributed by atoms with Crippen LogP contribution < -0.4 is 0 Å². The molecule has 0 saturated heterocycles. The number of hydrogen-bond acceptors (Lipinski definition) is 4. The van der Waals surface area contributed by atoms with Crippen LogP contribution in [0.3, 0.4) is 0 Å². The fraction of sp³-hybridized carbons (Fsp3) is 0.174. The van der Waals surface area contributed by atoms with E-state index in [-0.39, 0.29) is 27.9 Å². The van der Waals surface area contributed by atoms with Crippen molar-refractivity contribution in [1.82, 2.24) is 4.98 Å². The average molecular weight is 444 g/mol. The average Bonchev–Trinajstić information content (AvgIpc) is 2.98. The lowest BCUT2D eigenvalue weighted by molar-refractivity contribution is 0.0599. The fourth-order valence-corrected chi connectivity index (χ4v) is 4.04. The summed E-state index contributed by atoms with van der Waals surface area (Å²) in [4.78, 5) is 30.9. The summed E-state index contributed by atoms with van der Waals surface area (Å²) in [5, 5.41) is 0.543. The van der Waals surface area contributed by atoms with Crippen LogP contribution >= 0.6 is 23.2 Å². The number of pyridine rings is 1. The molecular formula is C23H16Cl2FNO3. The Kier molecular flexibility index (Phi) is 5.12. The number of ether oxygens (including phenoxy) is 1. The number of carbonyl (C=O) groups excluding carboxylic acids is 2. The van der Waals surface area contributed by atoms with Gasteiger partial charge in [-0.2, -0.15) is 0 Å². The number of fused-ring (bicyclic) bond motifs is 3. The highest BCUT2D eigenvalue weighted by Gasteiger charge is 2.37. The zero-order valence-electron chi connectivity index (χ0n) is 16.3. The van der Waals surface area contributed by atoms with Gasteiger partial charge in [0.15, 0.2) is 5.78 Å². The molecule has 1 aromatic heterocycles. The second-order valence-electron chi connectivity index (χ2n) is 7.26. The van der Waals surface area contributed by atoms with E-state index in [0.717, 1.165) is 0 Å². The monoisotopic (exact) mass is 443 g/mol. The fourth-order valence-electron chi connectivity index (χ4n) is 3.72. The lowest BCUT2D eigenvalue weighted by Gasteiger charge is -2.18. The summed E-state index contributed by atoms with van der Waals surface area (Å²) < 4.78 is 18.6. The second-order valence-corrected chi connectivity index (χ2v) is 8.08. The highest BCUT2D eigenvalue weighted by atomic mass is 35.5. The molecule has 30 heavy (non-hydrogen) atoms. The van der Waals surface area contributed by atoms with Crippen molar-refractivity contribution in [2.45, 2.75) is 19.8 Å². The molecule has 2 aromatic carbocycles. The zero-order chi connectivity index (χ0) is 21.7. The Morgan fingerprint density at radius 2 is 1.63 bits per heavy atom. The van der Waals surface area contributed by atoms with Gasteiger partial charge in [-0.3, -0.25) is 9.78 Å². The number of aromatic nitrogens is 1. The third-order valence-electron chi connectivity index (χ3n) is 5.08. The number of benzene rings is 2. The van der Waals surface area contributed by atoms with Crippen molar-refractivity contribution in [2.75, 3.05) is 7.11 Å². The maximum atomic E-state index is 13.6. The number of methoxy groups -OCH3 is 1. The van der Waals surface area contributed by atoms with Gasteiger partial charge in [0.1, 0.15) is 5.82 Å². The number of halogens is 3. The van der Waals surface area contributed by atoms with E-state index in [1.54, 1.807) is 6.07 Å². The van der Waals surface area contributed by atoms with Crippen molar-refractivity contribution in [3.63, 3.8) is 0 Å². The molecule has 7 heteroatoms. The van der Waals surface area contributed by atoms with E-state index < -0.39 is 11.8 Å². The molecule has 0 fully saturated rings. The first-order valence-corrected chi connectivity index (χ1v) is 9.96. The van der Waals surface area contributed by atoms with Crippen molar-refractivity contribution in [3.8, 4) is 22.4 Å². The summed E-state index contributed by atoms with van der Waals surface area (Å²) in [5.41, 5.74) is 3.12. The van der Waals surface area contributed by atoms with Gasteiger partial charge < -0.3 is 4.74 Å². The molecule has 0 amide bonds. The summed E-state index contributed by atoms with van der Waals surface area (Å²) in [6.07, 6.45) is 0. The molecule has 1 aliphatic rings. The molecule has 0 unspecified atom stereocenters. The molecule has 0 bridgehead atoms. The molecule has 0 spiro atoms. The van der Waals surface area contributed by atoms with E-state index in [4.69, 9.17) is 32.9 Å². The molecule has 152 valence electrons. The summed E-state index contributed by atoms with van der Waals surface area (Å²) in [7, 11) is 1.27. The maximum absolute atomic E-state index is 13.6. The summed E-state index contributed by atoms with van der Waals surface area (Å²) in [6, 6.07) is 8.71. The van der Waals surface area contributed by atoms with Crippen LogP contribution in [0.5, 0.6) is 0 Å². The van der Waals surface area contributed by atoms with Gasteiger partial charge in [0.2, 0.25) is 0 Å². The normalized spacial score (nSPS) is 12.2. The first-order chi connectivity index (χ1) is 14.2. The number of carbonyl (C=O) groups is 2. The van der Waals surface area contributed by atoms with Crippen molar-refractivity contribution in [2.24, 2.45) is 0 Å². The van der Waals surface area contributed by atoms with Gasteiger partial charge in [0.25, 0.3) is 0 Å². The topological polar surface area (TPSA) is 56.3 Å². The predicted octanol–water partition coefficient (Wildman–Crippen LogP) is 6.32. The molecule has 1 aliphatic carbocycles. The highest BCUT2D eigenvalue weighted by Crippen LogP contribution is 2.46. The minimum Gasteiger partial charge on any atom is -0.465 e. The van der Waals surface area contributed by atoms with E-state index in [9.17, 15) is 14.0 Å². The molecule has 1 heterocycles. The Morgan fingerprint density at radius 1 is 1.03 bits per heavy atom. The summed E-state index contributed by atoms with van der Waals surface area (Å²) >= 11 is 12.3. The molecule has 0 saturated carbocycles. The van der Waals surface area contributed by atoms with Crippen LogP contribution in [0.25, 0.3) is 22.4 Å². The van der Waals surface area contributed by atoms with E-state index >= 15 is 0 Å². The standard InChI is InChI=1S/C23H16Cl2FNO3/c1-10(2)20-19(23(29)30-3)17(11-4-6-12(26)7-5-11)18-21(27-20)13-8-15(24)16(25)9-14(13)22(18)28/h4-10H,1-3H3. The van der Waals surface area contributed by atoms with Crippen LogP contribution in [-0.2, 0) is 4.74 Å². The third-order valence-corrected chi connectivity index (χ3v) is 5.80. The maximum Gasteiger partial charge on any atom is 0.340 e. The molecular weight excluding hydrogens is 428 g/mol. The first-order valence-electron chi connectivity index (χ1n) is 9.20. The number of rotatable bonds is 3. The van der Waals surface area contributed by atoms with E-state index in [1.807, 2.05) is 13.8 Å². The smallest absolute Gasteiger partial charge is 0.340 e. The quantitative estimate of drug-likeness (QED) is 0.347. The van der Waals surface area contributed by atoms with Gasteiger partial charge >= 0.3 is 5.97 Å². The van der Waals surface area contributed by atoms with Crippen LogP contribution in [0, 0.1) is 5.82 Å². The van der Waals surface area contributed by atoms with Crippen LogP contribution in [-0.4, -0.2) is 23.8 Å². The molecule has 0 aliphatic heterocycles. The Bertz CT molecular complexity index is 1220. The van der Waals surface area contributed by atoms with Crippen LogP contribution in [0.1, 0.15) is 51.7 Å². The predicted molar refractivity (Wildman–Crippen MR) is 114 cm³/mol. The number of hydrogen-bond donors (Lipinski definition) is 0. The summed E-state index contributed by atoms with van der Waals surface area (Å²) in [6.45, 7) is 3.78. The second kappa shape index (κ2) is 7.49. The number of nitrogens with zero attached hydrogens (tertiary/aromatic N) is 1. The molecule has 3 aromatic rings. The third kappa shape index (κ3) is 3.09. The Hall–Kier alpha value is -2.76. The SMILES string of the molecule is COC(=O)c1c(C(C)C)nc2c(c1-c1ccc(F)cc1)C(=O)c1cc(Cl)c(Cl)cc1-2. The zero-order valence-corrected chi connectivity index (χ0v) is 17.9. The number of ketones is 1. The van der Waals surface area contributed by atoms with E-state index in [1.165, 1.54) is 37.4 Å². The lowest BCUT2D eigenvalue weighted by atomic mass is 9.89. The van der Waals surface area contributed by atoms with Crippen molar-refractivity contribution in [3.05, 3.63) is 74.6 Å². The summed E-state index contributed by atoms with van der Waals surface area (Å²) in [5.74, 6) is -1.52. The van der Waals surface area contributed by atoms with Crippen LogP contribution in [0.15, 0.2) is 36.4 Å².